The Kier molecular flexibility index (Phi) is 5.87. The Balaban J connectivity index is 1.13. The molecule has 3 aromatic rings. The van der Waals surface area contributed by atoms with Crippen LogP contribution in [0.1, 0.15) is 61.7 Å². The number of ether oxygens (including phenoxy) is 1. The van der Waals surface area contributed by atoms with E-state index in [4.69, 9.17) is 4.74 Å². The van der Waals surface area contributed by atoms with Gasteiger partial charge >= 0.3 is 0 Å². The van der Waals surface area contributed by atoms with Gasteiger partial charge in [-0.05, 0) is 69.4 Å². The smallest absolute Gasteiger partial charge is 0.255 e. The number of carbonyl (C=O) groups is 2. The first kappa shape index (κ1) is 23.0. The van der Waals surface area contributed by atoms with Crippen LogP contribution in [0.4, 0.5) is 0 Å². The molecule has 2 amide bonds. The number of fused-ring (bicyclic) bond motifs is 1. The van der Waals surface area contributed by atoms with Crippen LogP contribution in [0.2, 0.25) is 0 Å². The van der Waals surface area contributed by atoms with Crippen LogP contribution in [-0.2, 0) is 4.79 Å². The number of amides is 2. The van der Waals surface area contributed by atoms with E-state index in [0.717, 1.165) is 37.0 Å². The van der Waals surface area contributed by atoms with E-state index in [2.05, 4.69) is 25.6 Å². The van der Waals surface area contributed by atoms with Gasteiger partial charge in [-0.1, -0.05) is 12.1 Å². The third kappa shape index (κ3) is 4.67. The van der Waals surface area contributed by atoms with Crippen LogP contribution in [0.3, 0.4) is 0 Å². The fraction of sp³-hybridized carbons (Fsp3) is 0.481. The molecular formula is C27H31N5O4. The predicted octanol–water partition coefficient (Wildman–Crippen LogP) is 3.10. The van der Waals surface area contributed by atoms with Gasteiger partial charge in [0.2, 0.25) is 0 Å². The number of benzene rings is 1. The molecule has 3 fully saturated rings. The van der Waals surface area contributed by atoms with E-state index in [9.17, 15) is 14.7 Å². The first-order valence-corrected chi connectivity index (χ1v) is 12.9. The second-order valence-electron chi connectivity index (χ2n) is 10.4. The first-order valence-electron chi connectivity index (χ1n) is 12.9. The lowest BCUT2D eigenvalue weighted by atomic mass is 9.90. The molecule has 0 unspecified atom stereocenters. The number of para-hydroxylation sites is 1. The summed E-state index contributed by atoms with van der Waals surface area (Å²) in [5.41, 5.74) is 2.19. The van der Waals surface area contributed by atoms with E-state index in [-0.39, 0.29) is 23.9 Å². The Hall–Kier alpha value is -3.46. The highest BCUT2D eigenvalue weighted by Crippen LogP contribution is 2.36. The molecule has 188 valence electrons. The van der Waals surface area contributed by atoms with Crippen molar-refractivity contribution in [2.45, 2.75) is 69.1 Å². The lowest BCUT2D eigenvalue weighted by Crippen LogP contribution is -2.47. The van der Waals surface area contributed by atoms with Crippen LogP contribution >= 0.6 is 0 Å². The molecule has 0 radical (unpaired) electrons. The molecular weight excluding hydrogens is 458 g/mol. The van der Waals surface area contributed by atoms with E-state index in [0.29, 0.717) is 47.7 Å². The maximum Gasteiger partial charge on any atom is 0.255 e. The number of nitrogens with zero attached hydrogens (tertiary/aromatic N) is 2. The molecule has 4 N–H and O–H groups in total. The highest BCUT2D eigenvalue weighted by Gasteiger charge is 2.48. The van der Waals surface area contributed by atoms with Gasteiger partial charge in [-0.25, -0.2) is 9.97 Å². The van der Waals surface area contributed by atoms with E-state index in [1.54, 1.807) is 6.20 Å². The van der Waals surface area contributed by atoms with Gasteiger partial charge < -0.3 is 25.5 Å². The monoisotopic (exact) mass is 489 g/mol. The SMILES string of the molecule is O=C(NC1CCC(NC(=O)C2(O)CC2)CC1)c1c[nH]c2c(-c3ccccc3OCC3CC3)ncnc12. The number of aliphatic hydroxyl groups is 1. The summed E-state index contributed by atoms with van der Waals surface area (Å²) in [6.45, 7) is 0.705. The quantitative estimate of drug-likeness (QED) is 0.385. The Morgan fingerprint density at radius 2 is 1.75 bits per heavy atom. The van der Waals surface area contributed by atoms with Crippen molar-refractivity contribution in [3.63, 3.8) is 0 Å². The summed E-state index contributed by atoms with van der Waals surface area (Å²) in [5, 5.41) is 16.1. The topological polar surface area (TPSA) is 129 Å². The number of nitrogens with one attached hydrogen (secondary N) is 3. The molecule has 0 bridgehead atoms. The number of rotatable bonds is 8. The number of carbonyl (C=O) groups excluding carboxylic acids is 2. The fourth-order valence-electron chi connectivity index (χ4n) is 4.91. The van der Waals surface area contributed by atoms with Crippen molar-refractivity contribution in [2.75, 3.05) is 6.61 Å². The lowest BCUT2D eigenvalue weighted by molar-refractivity contribution is -0.132. The van der Waals surface area contributed by atoms with Gasteiger partial charge in [-0.15, -0.1) is 0 Å². The third-order valence-electron chi connectivity index (χ3n) is 7.57. The van der Waals surface area contributed by atoms with E-state index in [1.807, 2.05) is 24.3 Å². The molecule has 9 nitrogen and oxygen atoms in total. The number of H-pyrrole nitrogens is 1. The van der Waals surface area contributed by atoms with Crippen molar-refractivity contribution in [2.24, 2.45) is 5.92 Å². The lowest BCUT2D eigenvalue weighted by Gasteiger charge is -2.30. The van der Waals surface area contributed by atoms with Crippen LogP contribution in [0, 0.1) is 5.92 Å². The maximum atomic E-state index is 13.2. The average molecular weight is 490 g/mol. The van der Waals surface area contributed by atoms with E-state index < -0.39 is 5.60 Å². The molecule has 1 aromatic carbocycles. The molecule has 0 aliphatic heterocycles. The molecule has 6 rings (SSSR count). The second-order valence-corrected chi connectivity index (χ2v) is 10.4. The maximum absolute atomic E-state index is 13.2. The summed E-state index contributed by atoms with van der Waals surface area (Å²) in [6.07, 6.45) is 9.76. The summed E-state index contributed by atoms with van der Waals surface area (Å²) >= 11 is 0. The third-order valence-corrected chi connectivity index (χ3v) is 7.57. The highest BCUT2D eigenvalue weighted by atomic mass is 16.5. The largest absolute Gasteiger partial charge is 0.493 e. The van der Waals surface area contributed by atoms with E-state index >= 15 is 0 Å². The van der Waals surface area contributed by atoms with Crippen molar-refractivity contribution < 1.29 is 19.4 Å². The van der Waals surface area contributed by atoms with Crippen LogP contribution in [0.15, 0.2) is 36.8 Å². The minimum atomic E-state index is -1.15. The summed E-state index contributed by atoms with van der Waals surface area (Å²) < 4.78 is 6.08. The molecule has 0 atom stereocenters. The van der Waals surface area contributed by atoms with Gasteiger partial charge in [0.25, 0.3) is 11.8 Å². The molecule has 3 saturated carbocycles. The van der Waals surface area contributed by atoms with Crippen molar-refractivity contribution in [3.8, 4) is 17.0 Å². The summed E-state index contributed by atoms with van der Waals surface area (Å²) in [7, 11) is 0. The second kappa shape index (κ2) is 9.20. The minimum absolute atomic E-state index is 0.0254. The molecule has 3 aliphatic rings. The van der Waals surface area contributed by atoms with Crippen molar-refractivity contribution in [1.29, 1.82) is 0 Å². The van der Waals surface area contributed by atoms with Gasteiger partial charge in [0.15, 0.2) is 0 Å². The summed E-state index contributed by atoms with van der Waals surface area (Å²) in [5.74, 6) is 0.982. The van der Waals surface area contributed by atoms with Gasteiger partial charge in [-0.3, -0.25) is 9.59 Å². The molecule has 3 aliphatic carbocycles. The Morgan fingerprint density at radius 1 is 1.03 bits per heavy atom. The normalized spacial score (nSPS) is 22.7. The minimum Gasteiger partial charge on any atom is -0.493 e. The van der Waals surface area contributed by atoms with Crippen LogP contribution in [0.25, 0.3) is 22.3 Å². The van der Waals surface area contributed by atoms with Gasteiger partial charge in [0.1, 0.15) is 28.9 Å². The molecule has 2 aromatic heterocycles. The molecule has 9 heteroatoms. The Bertz CT molecular complexity index is 1290. The Labute approximate surface area is 209 Å². The number of hydrogen-bond acceptors (Lipinski definition) is 6. The first-order chi connectivity index (χ1) is 17.5. The zero-order chi connectivity index (χ0) is 24.7. The van der Waals surface area contributed by atoms with Gasteiger partial charge in [0, 0.05) is 23.8 Å². The highest BCUT2D eigenvalue weighted by molar-refractivity contribution is 6.07. The summed E-state index contributed by atoms with van der Waals surface area (Å²) in [4.78, 5) is 37.4. The predicted molar refractivity (Wildman–Crippen MR) is 133 cm³/mol. The standard InChI is InChI=1S/C27H31N5O4/c33-25(31-17-7-9-18(10-8-17)32-26(34)27(35)11-12-27)20-13-28-24-22(29-15-30-23(20)24)19-3-1-2-4-21(19)36-14-16-5-6-16/h1-4,13,15-18,28,35H,5-12,14H2,(H,31,33)(H,32,34). The number of hydrogen-bond donors (Lipinski definition) is 4. The zero-order valence-corrected chi connectivity index (χ0v) is 20.1. The summed E-state index contributed by atoms with van der Waals surface area (Å²) in [6, 6.07) is 7.90. The number of aromatic nitrogens is 3. The average Bonchev–Trinajstić information content (AvgIpc) is 3.82. The van der Waals surface area contributed by atoms with Gasteiger partial charge in [0.05, 0.1) is 17.7 Å². The van der Waals surface area contributed by atoms with Gasteiger partial charge in [-0.2, -0.15) is 0 Å². The van der Waals surface area contributed by atoms with Crippen LogP contribution < -0.4 is 15.4 Å². The molecule has 36 heavy (non-hydrogen) atoms. The van der Waals surface area contributed by atoms with Crippen LogP contribution in [0.5, 0.6) is 5.75 Å². The number of aromatic amines is 1. The fourth-order valence-corrected chi connectivity index (χ4v) is 4.91. The van der Waals surface area contributed by atoms with Crippen molar-refractivity contribution in [1.82, 2.24) is 25.6 Å². The van der Waals surface area contributed by atoms with Crippen molar-refractivity contribution in [3.05, 3.63) is 42.4 Å². The Morgan fingerprint density at radius 3 is 2.47 bits per heavy atom. The van der Waals surface area contributed by atoms with Crippen molar-refractivity contribution >= 4 is 22.8 Å². The van der Waals surface area contributed by atoms with Crippen LogP contribution in [-0.4, -0.2) is 56.2 Å². The molecule has 0 spiro atoms. The molecule has 0 saturated heterocycles. The zero-order valence-electron chi connectivity index (χ0n) is 20.1. The van der Waals surface area contributed by atoms with E-state index in [1.165, 1.54) is 19.2 Å². The molecule has 2 heterocycles.